The molecule has 8 atom stereocenters. The molecule has 2 unspecified atom stereocenters. The predicted octanol–water partition coefficient (Wildman–Crippen LogP) is 4.44. The van der Waals surface area contributed by atoms with E-state index in [1.54, 1.807) is 0 Å². The number of hydrogen-bond acceptors (Lipinski definition) is 3. The van der Waals surface area contributed by atoms with E-state index in [-0.39, 0.29) is 16.9 Å². The third kappa shape index (κ3) is 3.03. The summed E-state index contributed by atoms with van der Waals surface area (Å²) in [4.78, 5) is 15.8. The molecule has 1 amide bonds. The Labute approximate surface area is 182 Å². The van der Waals surface area contributed by atoms with Crippen LogP contribution in [0.2, 0.25) is 0 Å². The standard InChI is InChI=1S/C26H41NO3/c1-25-14-13-22(28)23(29)21(25)11-10-18-19(25)12-15-26(2)20(18)9-6-16-27(26)24(30)17-7-4-3-5-8-17/h7,18-23,28-29H,3-6,8-16H2,1-2H3/t18-,19+,20+,21?,22+,23-,25?,26+/m1/s1. The number of fused-ring (bicyclic) bond motifs is 5. The smallest absolute Gasteiger partial charge is 0.249 e. The summed E-state index contributed by atoms with van der Waals surface area (Å²) >= 11 is 0. The molecular formula is C26H41NO3. The van der Waals surface area contributed by atoms with Gasteiger partial charge in [0, 0.05) is 17.7 Å². The highest BCUT2D eigenvalue weighted by Gasteiger charge is 2.61. The Morgan fingerprint density at radius 2 is 1.80 bits per heavy atom. The Morgan fingerprint density at radius 3 is 2.57 bits per heavy atom. The zero-order chi connectivity index (χ0) is 21.1. The van der Waals surface area contributed by atoms with Crippen molar-refractivity contribution in [1.29, 1.82) is 0 Å². The van der Waals surface area contributed by atoms with Gasteiger partial charge in [-0.2, -0.15) is 0 Å². The summed E-state index contributed by atoms with van der Waals surface area (Å²) < 4.78 is 0. The van der Waals surface area contributed by atoms with E-state index in [2.05, 4.69) is 24.8 Å². The minimum atomic E-state index is -0.555. The molecule has 0 radical (unpaired) electrons. The second kappa shape index (κ2) is 7.62. The van der Waals surface area contributed by atoms with E-state index in [4.69, 9.17) is 0 Å². The van der Waals surface area contributed by atoms with Gasteiger partial charge in [0.15, 0.2) is 0 Å². The molecule has 0 bridgehead atoms. The normalized spacial score (nSPS) is 48.8. The second-order valence-corrected chi connectivity index (χ2v) is 11.6. The van der Waals surface area contributed by atoms with Crippen molar-refractivity contribution in [2.45, 2.75) is 109 Å². The maximum atomic E-state index is 13.5. The quantitative estimate of drug-likeness (QED) is 0.665. The number of amides is 1. The first-order valence-corrected chi connectivity index (χ1v) is 12.7. The van der Waals surface area contributed by atoms with Gasteiger partial charge < -0.3 is 15.1 Å². The fourth-order valence-electron chi connectivity index (χ4n) is 8.74. The molecule has 0 aromatic rings. The lowest BCUT2D eigenvalue weighted by atomic mass is 9.44. The maximum absolute atomic E-state index is 13.5. The van der Waals surface area contributed by atoms with Crippen LogP contribution in [0.15, 0.2) is 11.6 Å². The molecule has 30 heavy (non-hydrogen) atoms. The van der Waals surface area contributed by atoms with Crippen LogP contribution >= 0.6 is 0 Å². The molecular weight excluding hydrogens is 374 g/mol. The second-order valence-electron chi connectivity index (χ2n) is 11.6. The lowest BCUT2D eigenvalue weighted by molar-refractivity contribution is -0.186. The van der Waals surface area contributed by atoms with Gasteiger partial charge in [0.1, 0.15) is 0 Å². The average molecular weight is 416 g/mol. The summed E-state index contributed by atoms with van der Waals surface area (Å²) in [6.07, 6.45) is 14.1. The maximum Gasteiger partial charge on any atom is 0.249 e. The molecule has 0 aromatic carbocycles. The fraction of sp³-hybridized carbons (Fsp3) is 0.885. The van der Waals surface area contributed by atoms with E-state index < -0.39 is 12.2 Å². The Hall–Kier alpha value is -0.870. The number of allylic oxidation sites excluding steroid dienone is 1. The van der Waals surface area contributed by atoms with Gasteiger partial charge in [-0.1, -0.05) is 13.0 Å². The summed E-state index contributed by atoms with van der Waals surface area (Å²) in [5.41, 5.74) is 1.21. The average Bonchev–Trinajstić information content (AvgIpc) is 2.76. The van der Waals surface area contributed by atoms with Crippen LogP contribution in [0.4, 0.5) is 0 Å². The number of piperidine rings is 1. The van der Waals surface area contributed by atoms with Crippen molar-refractivity contribution in [3.8, 4) is 0 Å². The largest absolute Gasteiger partial charge is 0.390 e. The van der Waals surface area contributed by atoms with Gasteiger partial charge in [-0.25, -0.2) is 0 Å². The van der Waals surface area contributed by atoms with Crippen molar-refractivity contribution in [3.63, 3.8) is 0 Å². The molecule has 1 saturated heterocycles. The summed E-state index contributed by atoms with van der Waals surface area (Å²) in [7, 11) is 0. The Balaban J connectivity index is 1.41. The van der Waals surface area contributed by atoms with Crippen molar-refractivity contribution in [3.05, 3.63) is 11.6 Å². The van der Waals surface area contributed by atoms with E-state index in [0.717, 1.165) is 76.3 Å². The number of rotatable bonds is 1. The monoisotopic (exact) mass is 415 g/mol. The van der Waals surface area contributed by atoms with Gasteiger partial charge >= 0.3 is 0 Å². The number of nitrogens with zero attached hydrogens (tertiary/aromatic N) is 1. The van der Waals surface area contributed by atoms with Gasteiger partial charge in [-0.15, -0.1) is 0 Å². The summed E-state index contributed by atoms with van der Waals surface area (Å²) in [6.45, 7) is 5.72. The van der Waals surface area contributed by atoms with E-state index in [1.165, 1.54) is 12.8 Å². The van der Waals surface area contributed by atoms with Gasteiger partial charge in [0.2, 0.25) is 5.91 Å². The molecule has 5 rings (SSSR count). The highest BCUT2D eigenvalue weighted by molar-refractivity contribution is 5.94. The molecule has 4 nitrogen and oxygen atoms in total. The molecule has 4 fully saturated rings. The molecule has 3 saturated carbocycles. The number of carbonyl (C=O) groups is 1. The SMILES string of the molecule is CC12CC[C@H](O)[C@H](O)C1CC[C@@H]1[C@@H]2CC[C@@]2(C)[C@H]1CCCN2C(=O)C1=CCCCC1. The first-order chi connectivity index (χ1) is 14.4. The Kier molecular flexibility index (Phi) is 5.33. The van der Waals surface area contributed by atoms with Crippen molar-refractivity contribution in [2.75, 3.05) is 6.54 Å². The molecule has 0 spiro atoms. The van der Waals surface area contributed by atoms with Crippen LogP contribution in [0.1, 0.15) is 90.9 Å². The number of carbonyl (C=O) groups excluding carboxylic acids is 1. The third-order valence-corrected chi connectivity index (χ3v) is 10.4. The van der Waals surface area contributed by atoms with E-state index >= 15 is 0 Å². The van der Waals surface area contributed by atoms with Crippen LogP contribution in [0.3, 0.4) is 0 Å². The van der Waals surface area contributed by atoms with Crippen molar-refractivity contribution in [1.82, 2.24) is 4.90 Å². The van der Waals surface area contributed by atoms with Crippen LogP contribution in [-0.2, 0) is 4.79 Å². The first kappa shape index (κ1) is 21.0. The van der Waals surface area contributed by atoms with E-state index in [0.29, 0.717) is 23.7 Å². The molecule has 5 aliphatic rings. The van der Waals surface area contributed by atoms with E-state index in [1.807, 2.05) is 0 Å². The van der Waals surface area contributed by atoms with Crippen LogP contribution in [0, 0.1) is 29.1 Å². The minimum absolute atomic E-state index is 0.00915. The highest BCUT2D eigenvalue weighted by Crippen LogP contribution is 2.63. The van der Waals surface area contributed by atoms with Crippen LogP contribution in [0.25, 0.3) is 0 Å². The number of aliphatic hydroxyl groups excluding tert-OH is 2. The highest BCUT2D eigenvalue weighted by atomic mass is 16.3. The zero-order valence-corrected chi connectivity index (χ0v) is 19.0. The zero-order valence-electron chi connectivity index (χ0n) is 19.0. The van der Waals surface area contributed by atoms with Crippen molar-refractivity contribution in [2.24, 2.45) is 29.1 Å². The molecule has 4 heteroatoms. The van der Waals surface area contributed by atoms with Crippen LogP contribution in [0.5, 0.6) is 0 Å². The summed E-state index contributed by atoms with van der Waals surface area (Å²) in [5, 5.41) is 21.0. The van der Waals surface area contributed by atoms with Gasteiger partial charge in [-0.05, 0) is 113 Å². The third-order valence-electron chi connectivity index (χ3n) is 10.4. The first-order valence-electron chi connectivity index (χ1n) is 12.7. The molecule has 4 aliphatic carbocycles. The fourth-order valence-corrected chi connectivity index (χ4v) is 8.74. The minimum Gasteiger partial charge on any atom is -0.390 e. The number of likely N-dealkylation sites (tertiary alicyclic amines) is 1. The van der Waals surface area contributed by atoms with Gasteiger partial charge in [0.25, 0.3) is 0 Å². The van der Waals surface area contributed by atoms with Crippen molar-refractivity contribution < 1.29 is 15.0 Å². The van der Waals surface area contributed by atoms with Crippen LogP contribution < -0.4 is 0 Å². The molecule has 0 aromatic heterocycles. The van der Waals surface area contributed by atoms with Crippen molar-refractivity contribution >= 4 is 5.91 Å². The van der Waals surface area contributed by atoms with Crippen LogP contribution in [-0.4, -0.2) is 45.3 Å². The Morgan fingerprint density at radius 1 is 0.967 bits per heavy atom. The molecule has 1 aliphatic heterocycles. The summed E-state index contributed by atoms with van der Waals surface area (Å²) in [5.74, 6) is 2.43. The predicted molar refractivity (Wildman–Crippen MR) is 118 cm³/mol. The topological polar surface area (TPSA) is 60.8 Å². The Bertz CT molecular complexity index is 719. The van der Waals surface area contributed by atoms with Gasteiger partial charge in [0.05, 0.1) is 12.2 Å². The number of aliphatic hydroxyl groups is 2. The lowest BCUT2D eigenvalue weighted by Gasteiger charge is -2.65. The lowest BCUT2D eigenvalue weighted by Crippen LogP contribution is -2.66. The molecule has 168 valence electrons. The molecule has 2 N–H and O–H groups in total. The molecule has 1 heterocycles. The van der Waals surface area contributed by atoms with E-state index in [9.17, 15) is 15.0 Å². The summed E-state index contributed by atoms with van der Waals surface area (Å²) in [6, 6.07) is 0. The van der Waals surface area contributed by atoms with Gasteiger partial charge in [-0.3, -0.25) is 4.79 Å². The number of hydrogen-bond donors (Lipinski definition) is 2.